The van der Waals surface area contributed by atoms with Gasteiger partial charge in [0.05, 0.1) is 11.7 Å². The van der Waals surface area contributed by atoms with E-state index in [9.17, 15) is 23.8 Å². The van der Waals surface area contributed by atoms with Crippen LogP contribution in [0.15, 0.2) is 11.0 Å². The number of nitrogens with zero attached hydrogens (tertiary/aromatic N) is 2. The second-order valence-corrected chi connectivity index (χ2v) is 4.69. The van der Waals surface area contributed by atoms with E-state index in [1.54, 1.807) is 0 Å². The lowest BCUT2D eigenvalue weighted by molar-refractivity contribution is -0.141. The largest absolute Gasteiger partial charge is 0.391 e. The number of alkyl halides is 2. The minimum absolute atomic E-state index is 0.0658. The zero-order valence-electron chi connectivity index (χ0n) is 10.9. The molecule has 2 heterocycles. The number of nitrogen functional groups attached to an aromatic ring is 1. The Hall–Kier alpha value is -2.02. The summed E-state index contributed by atoms with van der Waals surface area (Å²) in [5, 5.41) is 18.9. The first-order chi connectivity index (χ1) is 9.70. The van der Waals surface area contributed by atoms with E-state index in [-0.39, 0.29) is 11.4 Å². The first kappa shape index (κ1) is 15.4. The summed E-state index contributed by atoms with van der Waals surface area (Å²) >= 11 is 0. The molecule has 0 aliphatic carbocycles. The van der Waals surface area contributed by atoms with Gasteiger partial charge in [0.25, 0.3) is 0 Å². The van der Waals surface area contributed by atoms with Crippen LogP contribution in [0, 0.1) is 12.3 Å². The maximum absolute atomic E-state index is 14.1. The monoisotopic (exact) mass is 301 g/mol. The summed E-state index contributed by atoms with van der Waals surface area (Å²) in [6.07, 6.45) is -1.29. The van der Waals surface area contributed by atoms with E-state index >= 15 is 0 Å². The number of rotatable bonds is 2. The molecule has 114 valence electrons. The number of hydrogen-bond acceptors (Lipinski definition) is 6. The molecule has 4 atom stereocenters. The van der Waals surface area contributed by atoms with Crippen molar-refractivity contribution in [3.8, 4) is 12.3 Å². The minimum Gasteiger partial charge on any atom is -0.391 e. The summed E-state index contributed by atoms with van der Waals surface area (Å²) in [6, 6.07) is 0. The van der Waals surface area contributed by atoms with Gasteiger partial charge in [-0.25, -0.2) is 4.79 Å². The van der Waals surface area contributed by atoms with Gasteiger partial charge < -0.3 is 20.7 Å². The van der Waals surface area contributed by atoms with Crippen molar-refractivity contribution in [1.82, 2.24) is 9.55 Å². The van der Waals surface area contributed by atoms with Gasteiger partial charge in [0.2, 0.25) is 6.23 Å². The second-order valence-electron chi connectivity index (χ2n) is 4.69. The highest BCUT2D eigenvalue weighted by atomic mass is 19.3. The Morgan fingerprint density at radius 3 is 2.76 bits per heavy atom. The maximum Gasteiger partial charge on any atom is 0.351 e. The predicted molar refractivity (Wildman–Crippen MR) is 67.4 cm³/mol. The van der Waals surface area contributed by atoms with E-state index in [2.05, 4.69) is 10.9 Å². The van der Waals surface area contributed by atoms with Crippen molar-refractivity contribution < 1.29 is 23.7 Å². The fraction of sp³-hybridized carbons (Fsp3) is 0.500. The molecule has 9 heteroatoms. The maximum atomic E-state index is 14.1. The Kier molecular flexibility index (Phi) is 3.71. The molecular weight excluding hydrogens is 288 g/mol. The van der Waals surface area contributed by atoms with Gasteiger partial charge in [-0.15, -0.1) is 6.42 Å². The lowest BCUT2D eigenvalue weighted by Gasteiger charge is -2.21. The molecule has 2 rings (SSSR count). The summed E-state index contributed by atoms with van der Waals surface area (Å²) < 4.78 is 33.5. The van der Waals surface area contributed by atoms with Gasteiger partial charge in [0.15, 0.2) is 6.10 Å². The number of terminal acetylenes is 1. The molecule has 0 amide bonds. The van der Waals surface area contributed by atoms with E-state index < -0.39 is 36.2 Å². The molecule has 0 unspecified atom stereocenters. The molecule has 1 aromatic heterocycles. The first-order valence-corrected chi connectivity index (χ1v) is 5.94. The van der Waals surface area contributed by atoms with Gasteiger partial charge in [-0.05, 0) is 6.92 Å². The minimum atomic E-state index is -3.81. The molecule has 7 nitrogen and oxygen atoms in total. The first-order valence-electron chi connectivity index (χ1n) is 5.94. The van der Waals surface area contributed by atoms with Gasteiger partial charge in [-0.1, -0.05) is 5.92 Å². The van der Waals surface area contributed by atoms with Crippen LogP contribution in [0.25, 0.3) is 0 Å². The van der Waals surface area contributed by atoms with Crippen molar-refractivity contribution in [3.05, 3.63) is 22.2 Å². The highest BCUT2D eigenvalue weighted by Gasteiger charge is 2.60. The summed E-state index contributed by atoms with van der Waals surface area (Å²) in [5.74, 6) is -1.98. The number of aliphatic hydroxyl groups is 2. The fourth-order valence-corrected chi connectivity index (χ4v) is 2.07. The van der Waals surface area contributed by atoms with Crippen LogP contribution < -0.4 is 11.4 Å². The second kappa shape index (κ2) is 5.07. The molecule has 0 bridgehead atoms. The zero-order valence-corrected chi connectivity index (χ0v) is 10.9. The SMILES string of the molecule is C#Cc1cn([C@@H]2O[C@H]([C@H](C)O)[C@@H](O)C2(F)F)c(=O)nc1N. The number of ether oxygens (including phenoxy) is 1. The van der Waals surface area contributed by atoms with Crippen molar-refractivity contribution in [2.75, 3.05) is 5.73 Å². The van der Waals surface area contributed by atoms with E-state index in [1.165, 1.54) is 6.92 Å². The summed E-state index contributed by atoms with van der Waals surface area (Å²) in [5.41, 5.74) is 4.22. The summed E-state index contributed by atoms with van der Waals surface area (Å²) in [4.78, 5) is 15.0. The van der Waals surface area contributed by atoms with Crippen molar-refractivity contribution >= 4 is 5.82 Å². The van der Waals surface area contributed by atoms with Crippen LogP contribution in [0.4, 0.5) is 14.6 Å². The number of aliphatic hydroxyl groups excluding tert-OH is 2. The third kappa shape index (κ3) is 2.37. The Morgan fingerprint density at radius 2 is 2.29 bits per heavy atom. The van der Waals surface area contributed by atoms with Gasteiger partial charge in [0.1, 0.15) is 11.9 Å². The lowest BCUT2D eigenvalue weighted by atomic mass is 10.1. The number of hydrogen-bond donors (Lipinski definition) is 3. The van der Waals surface area contributed by atoms with Gasteiger partial charge >= 0.3 is 11.6 Å². The number of nitrogens with two attached hydrogens (primary N) is 1. The molecule has 1 saturated heterocycles. The standard InChI is InChI=1S/C12H13F2N3O4/c1-3-6-4-17(11(20)16-9(6)15)10-12(13,14)8(19)7(21-10)5(2)18/h1,4-5,7-8,10,18-19H,2H3,(H2,15,16,20)/t5-,7+,8+,10+/m0/s1. The van der Waals surface area contributed by atoms with Crippen molar-refractivity contribution in [2.24, 2.45) is 0 Å². The number of halogens is 2. The molecule has 4 N–H and O–H groups in total. The predicted octanol–water partition coefficient (Wildman–Crippen LogP) is -0.919. The quantitative estimate of drug-likeness (QED) is 0.609. The Morgan fingerprint density at radius 1 is 1.67 bits per heavy atom. The van der Waals surface area contributed by atoms with Gasteiger partial charge in [-0.2, -0.15) is 13.8 Å². The molecule has 0 saturated carbocycles. The van der Waals surface area contributed by atoms with Crippen LogP contribution in [0.1, 0.15) is 18.7 Å². The molecule has 1 aliphatic heterocycles. The van der Waals surface area contributed by atoms with Crippen molar-refractivity contribution in [2.45, 2.75) is 37.4 Å². The van der Waals surface area contributed by atoms with Crippen LogP contribution in [-0.4, -0.2) is 44.0 Å². The van der Waals surface area contributed by atoms with Gasteiger partial charge in [0, 0.05) is 6.20 Å². The Labute approximate surface area is 118 Å². The smallest absolute Gasteiger partial charge is 0.351 e. The average Bonchev–Trinajstić information content (AvgIpc) is 2.62. The molecule has 0 radical (unpaired) electrons. The Balaban J connectivity index is 2.52. The van der Waals surface area contributed by atoms with Crippen LogP contribution >= 0.6 is 0 Å². The highest BCUT2D eigenvalue weighted by molar-refractivity contribution is 5.47. The molecule has 0 spiro atoms. The average molecular weight is 301 g/mol. The topological polar surface area (TPSA) is 111 Å². The summed E-state index contributed by atoms with van der Waals surface area (Å²) in [7, 11) is 0. The summed E-state index contributed by atoms with van der Waals surface area (Å²) in [6.45, 7) is 1.18. The number of anilines is 1. The third-order valence-electron chi connectivity index (χ3n) is 3.19. The fourth-order valence-electron chi connectivity index (χ4n) is 2.07. The molecule has 0 aromatic carbocycles. The van der Waals surface area contributed by atoms with Crippen molar-refractivity contribution in [1.29, 1.82) is 0 Å². The van der Waals surface area contributed by atoms with Gasteiger partial charge in [-0.3, -0.25) is 4.57 Å². The van der Waals surface area contributed by atoms with Crippen LogP contribution in [0.3, 0.4) is 0 Å². The molecule has 1 aromatic rings. The van der Waals surface area contributed by atoms with E-state index in [0.717, 1.165) is 6.20 Å². The van der Waals surface area contributed by atoms with Crippen LogP contribution in [0.5, 0.6) is 0 Å². The van der Waals surface area contributed by atoms with Crippen molar-refractivity contribution in [3.63, 3.8) is 0 Å². The van der Waals surface area contributed by atoms with E-state index in [4.69, 9.17) is 16.9 Å². The molecule has 1 aliphatic rings. The lowest BCUT2D eigenvalue weighted by Crippen LogP contribution is -2.43. The Bertz CT molecular complexity index is 653. The van der Waals surface area contributed by atoms with E-state index in [1.807, 2.05) is 0 Å². The molecule has 21 heavy (non-hydrogen) atoms. The van der Waals surface area contributed by atoms with E-state index in [0.29, 0.717) is 4.57 Å². The zero-order chi connectivity index (χ0) is 15.9. The third-order valence-corrected chi connectivity index (χ3v) is 3.19. The van der Waals surface area contributed by atoms with Crippen LogP contribution in [-0.2, 0) is 4.74 Å². The molecule has 1 fully saturated rings. The molecular formula is C12H13F2N3O4. The highest BCUT2D eigenvalue weighted by Crippen LogP contribution is 2.43. The normalized spacial score (nSPS) is 29.0. The number of aromatic nitrogens is 2. The van der Waals surface area contributed by atoms with Crippen LogP contribution in [0.2, 0.25) is 0 Å².